The van der Waals surface area contributed by atoms with Gasteiger partial charge in [-0.25, -0.2) is 0 Å². The van der Waals surface area contributed by atoms with Crippen molar-refractivity contribution in [1.29, 1.82) is 0 Å². The van der Waals surface area contributed by atoms with Crippen LogP contribution < -0.4 is 19.5 Å². The lowest BCUT2D eigenvalue weighted by atomic mass is 10.2. The standard InChI is InChI=1S/C19H19F2NO4/c1-24-15-7-3-14(4-8-15)12-22-18(23)10-6-13-5-9-16(26-19(20)21)17(11-13)25-2/h3-11,19H,12H2,1-2H3,(H,22,23)/b10-6+. The van der Waals surface area contributed by atoms with E-state index in [0.29, 0.717) is 12.1 Å². The highest BCUT2D eigenvalue weighted by molar-refractivity contribution is 5.91. The van der Waals surface area contributed by atoms with E-state index in [1.54, 1.807) is 19.3 Å². The third kappa shape index (κ3) is 5.77. The maximum Gasteiger partial charge on any atom is 0.387 e. The predicted octanol–water partition coefficient (Wildman–Crippen LogP) is 3.63. The second-order valence-electron chi connectivity index (χ2n) is 5.19. The fourth-order valence-electron chi connectivity index (χ4n) is 2.14. The van der Waals surface area contributed by atoms with Gasteiger partial charge in [0.25, 0.3) is 0 Å². The lowest BCUT2D eigenvalue weighted by Crippen LogP contribution is -2.20. The molecule has 0 bridgehead atoms. The summed E-state index contributed by atoms with van der Waals surface area (Å²) in [4.78, 5) is 11.9. The first-order valence-corrected chi connectivity index (χ1v) is 7.73. The molecule has 0 atom stereocenters. The van der Waals surface area contributed by atoms with E-state index in [4.69, 9.17) is 9.47 Å². The maximum atomic E-state index is 12.3. The van der Waals surface area contributed by atoms with Gasteiger partial charge < -0.3 is 19.5 Å². The second-order valence-corrected chi connectivity index (χ2v) is 5.19. The molecule has 1 amide bonds. The highest BCUT2D eigenvalue weighted by Crippen LogP contribution is 2.29. The molecule has 2 aromatic rings. The van der Waals surface area contributed by atoms with Gasteiger partial charge in [0.2, 0.25) is 5.91 Å². The van der Waals surface area contributed by atoms with Crippen LogP contribution >= 0.6 is 0 Å². The van der Waals surface area contributed by atoms with E-state index in [-0.39, 0.29) is 17.4 Å². The van der Waals surface area contributed by atoms with Crippen molar-refractivity contribution in [2.75, 3.05) is 14.2 Å². The van der Waals surface area contributed by atoms with Crippen molar-refractivity contribution in [3.63, 3.8) is 0 Å². The SMILES string of the molecule is COc1ccc(CNC(=O)/C=C/c2ccc(OC(F)F)c(OC)c2)cc1. The minimum atomic E-state index is -2.94. The molecule has 0 aliphatic rings. The molecule has 0 aliphatic carbocycles. The molecule has 0 saturated carbocycles. The van der Waals surface area contributed by atoms with Gasteiger partial charge in [-0.2, -0.15) is 8.78 Å². The van der Waals surface area contributed by atoms with Gasteiger partial charge in [-0.1, -0.05) is 18.2 Å². The molecule has 7 heteroatoms. The van der Waals surface area contributed by atoms with Crippen molar-refractivity contribution in [2.24, 2.45) is 0 Å². The first kappa shape index (κ1) is 19.2. The molecular formula is C19H19F2NO4. The van der Waals surface area contributed by atoms with Crippen LogP contribution in [-0.4, -0.2) is 26.7 Å². The van der Waals surface area contributed by atoms with E-state index in [1.165, 1.54) is 25.3 Å². The Labute approximate surface area is 150 Å². The van der Waals surface area contributed by atoms with Gasteiger partial charge in [0.1, 0.15) is 5.75 Å². The van der Waals surface area contributed by atoms with E-state index >= 15 is 0 Å². The molecule has 1 N–H and O–H groups in total. The van der Waals surface area contributed by atoms with E-state index in [9.17, 15) is 13.6 Å². The Kier molecular flexibility index (Phi) is 6.96. The molecule has 2 rings (SSSR count). The molecular weight excluding hydrogens is 344 g/mol. The van der Waals surface area contributed by atoms with E-state index in [2.05, 4.69) is 10.1 Å². The van der Waals surface area contributed by atoms with Crippen LogP contribution in [0.5, 0.6) is 17.2 Å². The monoisotopic (exact) mass is 363 g/mol. The molecule has 0 radical (unpaired) electrons. The maximum absolute atomic E-state index is 12.3. The first-order valence-electron chi connectivity index (χ1n) is 7.73. The minimum Gasteiger partial charge on any atom is -0.497 e. The van der Waals surface area contributed by atoms with Gasteiger partial charge in [-0.3, -0.25) is 4.79 Å². The number of carbonyl (C=O) groups excluding carboxylic acids is 1. The molecule has 26 heavy (non-hydrogen) atoms. The summed E-state index contributed by atoms with van der Waals surface area (Å²) in [7, 11) is 2.94. The average molecular weight is 363 g/mol. The Hall–Kier alpha value is -3.09. The Morgan fingerprint density at radius 3 is 2.42 bits per heavy atom. The van der Waals surface area contributed by atoms with Crippen molar-refractivity contribution < 1.29 is 27.8 Å². The summed E-state index contributed by atoms with van der Waals surface area (Å²) >= 11 is 0. The van der Waals surface area contributed by atoms with Crippen LogP contribution in [0.25, 0.3) is 6.08 Å². The topological polar surface area (TPSA) is 56.8 Å². The fourth-order valence-corrected chi connectivity index (χ4v) is 2.14. The normalized spacial score (nSPS) is 10.8. The minimum absolute atomic E-state index is 0.0661. The number of rotatable bonds is 8. The molecule has 0 aromatic heterocycles. The molecule has 0 fully saturated rings. The molecule has 138 valence electrons. The Morgan fingerprint density at radius 2 is 1.81 bits per heavy atom. The van der Waals surface area contributed by atoms with Gasteiger partial charge >= 0.3 is 6.61 Å². The summed E-state index contributed by atoms with van der Waals surface area (Å²) in [5.74, 6) is 0.551. The number of methoxy groups -OCH3 is 2. The molecule has 2 aromatic carbocycles. The predicted molar refractivity (Wildman–Crippen MR) is 93.5 cm³/mol. The zero-order valence-electron chi connectivity index (χ0n) is 14.4. The summed E-state index contributed by atoms with van der Waals surface area (Å²) < 4.78 is 39.1. The smallest absolute Gasteiger partial charge is 0.387 e. The highest BCUT2D eigenvalue weighted by atomic mass is 19.3. The summed E-state index contributed by atoms with van der Waals surface area (Å²) in [5.41, 5.74) is 1.55. The molecule has 0 aliphatic heterocycles. The van der Waals surface area contributed by atoms with Gasteiger partial charge in [0, 0.05) is 12.6 Å². The zero-order chi connectivity index (χ0) is 18.9. The van der Waals surface area contributed by atoms with Gasteiger partial charge in [-0.05, 0) is 41.5 Å². The molecule has 0 saturated heterocycles. The number of ether oxygens (including phenoxy) is 3. The van der Waals surface area contributed by atoms with Crippen LogP contribution in [0.15, 0.2) is 48.5 Å². The number of carbonyl (C=O) groups is 1. The van der Waals surface area contributed by atoms with Crippen molar-refractivity contribution in [3.8, 4) is 17.2 Å². The third-order valence-electron chi connectivity index (χ3n) is 3.46. The van der Waals surface area contributed by atoms with Crippen LogP contribution in [-0.2, 0) is 11.3 Å². The Morgan fingerprint density at radius 1 is 1.08 bits per heavy atom. The lowest BCUT2D eigenvalue weighted by Gasteiger charge is -2.10. The summed E-state index contributed by atoms with van der Waals surface area (Å²) in [6.45, 7) is -2.56. The number of benzene rings is 2. The lowest BCUT2D eigenvalue weighted by molar-refractivity contribution is -0.116. The molecule has 5 nitrogen and oxygen atoms in total. The van der Waals surface area contributed by atoms with E-state index in [0.717, 1.165) is 11.3 Å². The third-order valence-corrected chi connectivity index (χ3v) is 3.46. The van der Waals surface area contributed by atoms with Crippen molar-refractivity contribution in [3.05, 3.63) is 59.7 Å². The number of alkyl halides is 2. The largest absolute Gasteiger partial charge is 0.497 e. The van der Waals surface area contributed by atoms with Gasteiger partial charge in [0.05, 0.1) is 14.2 Å². The number of nitrogens with one attached hydrogen (secondary N) is 1. The Bertz CT molecular complexity index is 761. The van der Waals surface area contributed by atoms with E-state index in [1.807, 2.05) is 24.3 Å². The summed E-state index contributed by atoms with van der Waals surface area (Å²) in [6, 6.07) is 11.8. The number of hydrogen-bond donors (Lipinski definition) is 1. The number of halogens is 2. The van der Waals surface area contributed by atoms with Crippen LogP contribution in [0.1, 0.15) is 11.1 Å². The highest BCUT2D eigenvalue weighted by Gasteiger charge is 2.10. The molecule has 0 spiro atoms. The second kappa shape index (κ2) is 9.41. The fraction of sp³-hybridized carbons (Fsp3) is 0.211. The Balaban J connectivity index is 1.94. The van der Waals surface area contributed by atoms with E-state index < -0.39 is 6.61 Å². The molecule has 0 heterocycles. The summed E-state index contributed by atoms with van der Waals surface area (Å²) in [6.07, 6.45) is 2.91. The van der Waals surface area contributed by atoms with Gasteiger partial charge in [-0.15, -0.1) is 0 Å². The van der Waals surface area contributed by atoms with Crippen molar-refractivity contribution in [2.45, 2.75) is 13.2 Å². The van der Waals surface area contributed by atoms with Crippen LogP contribution in [0, 0.1) is 0 Å². The van der Waals surface area contributed by atoms with Crippen LogP contribution in [0.4, 0.5) is 8.78 Å². The van der Waals surface area contributed by atoms with Crippen molar-refractivity contribution >= 4 is 12.0 Å². The summed E-state index contributed by atoms with van der Waals surface area (Å²) in [5, 5.41) is 2.75. The van der Waals surface area contributed by atoms with Crippen molar-refractivity contribution in [1.82, 2.24) is 5.32 Å². The average Bonchev–Trinajstić information content (AvgIpc) is 2.65. The van der Waals surface area contributed by atoms with Gasteiger partial charge in [0.15, 0.2) is 11.5 Å². The number of amides is 1. The number of hydrogen-bond acceptors (Lipinski definition) is 4. The zero-order valence-corrected chi connectivity index (χ0v) is 14.4. The first-order chi connectivity index (χ1) is 12.5. The molecule has 0 unspecified atom stereocenters. The quantitative estimate of drug-likeness (QED) is 0.728. The van der Waals surface area contributed by atoms with Crippen LogP contribution in [0.2, 0.25) is 0 Å². The van der Waals surface area contributed by atoms with Crippen LogP contribution in [0.3, 0.4) is 0 Å².